The molecular weight excluding hydrogens is 280 g/mol. The summed E-state index contributed by atoms with van der Waals surface area (Å²) in [5.74, 6) is -0.693. The molecule has 0 radical (unpaired) electrons. The predicted octanol–water partition coefficient (Wildman–Crippen LogP) is 1.66. The Hall–Kier alpha value is -2.17. The fraction of sp³-hybridized carbons (Fsp3) is 0.471. The van der Waals surface area contributed by atoms with E-state index in [4.69, 9.17) is 0 Å². The van der Waals surface area contributed by atoms with Crippen LogP contribution in [0.1, 0.15) is 38.2 Å². The molecule has 1 N–H and O–H groups in total. The van der Waals surface area contributed by atoms with Gasteiger partial charge in [-0.3, -0.25) is 19.3 Å². The number of carbonyl (C=O) groups is 3. The molecule has 0 aromatic heterocycles. The molecule has 0 bridgehead atoms. The van der Waals surface area contributed by atoms with Gasteiger partial charge in [0.2, 0.25) is 11.8 Å². The number of unbranched alkanes of at least 4 members (excludes halogenated alkanes) is 2. The average molecular weight is 302 g/mol. The summed E-state index contributed by atoms with van der Waals surface area (Å²) in [6, 6.07) is 8.63. The van der Waals surface area contributed by atoms with Crippen LogP contribution < -0.4 is 5.32 Å². The molecular formula is C17H22N2O3. The van der Waals surface area contributed by atoms with Crippen LogP contribution in [-0.2, 0) is 20.8 Å². The van der Waals surface area contributed by atoms with Crippen LogP contribution in [0.5, 0.6) is 0 Å². The molecule has 3 amide bonds. The fourth-order valence-electron chi connectivity index (χ4n) is 2.58. The molecule has 1 aliphatic heterocycles. The van der Waals surface area contributed by atoms with E-state index in [0.717, 1.165) is 24.8 Å². The second kappa shape index (κ2) is 7.73. The lowest BCUT2D eigenvalue weighted by Crippen LogP contribution is -2.42. The number of carbonyl (C=O) groups excluding carboxylic acids is 3. The van der Waals surface area contributed by atoms with E-state index in [1.54, 1.807) is 0 Å². The van der Waals surface area contributed by atoms with Crippen LogP contribution in [0, 0.1) is 0 Å². The van der Waals surface area contributed by atoms with Gasteiger partial charge in [0.15, 0.2) is 0 Å². The number of amides is 3. The summed E-state index contributed by atoms with van der Waals surface area (Å²) >= 11 is 0. The molecule has 1 aliphatic rings. The second-order valence-corrected chi connectivity index (χ2v) is 5.58. The Balaban J connectivity index is 1.86. The van der Waals surface area contributed by atoms with Crippen molar-refractivity contribution in [3.05, 3.63) is 35.9 Å². The molecule has 118 valence electrons. The van der Waals surface area contributed by atoms with Crippen molar-refractivity contribution >= 4 is 17.7 Å². The molecule has 0 aliphatic carbocycles. The Morgan fingerprint density at radius 3 is 2.64 bits per heavy atom. The van der Waals surface area contributed by atoms with Gasteiger partial charge >= 0.3 is 0 Å². The highest BCUT2D eigenvalue weighted by Crippen LogP contribution is 2.14. The minimum absolute atomic E-state index is 0.0749. The van der Waals surface area contributed by atoms with Crippen LogP contribution in [0.2, 0.25) is 0 Å². The lowest BCUT2D eigenvalue weighted by atomic mass is 10.1. The summed E-state index contributed by atoms with van der Waals surface area (Å²) in [5.41, 5.74) is 0.886. The Kier molecular flexibility index (Phi) is 5.69. The molecule has 1 heterocycles. The molecule has 0 saturated carbocycles. The molecule has 22 heavy (non-hydrogen) atoms. The minimum atomic E-state index is -0.703. The number of nitrogens with zero attached hydrogens (tertiary/aromatic N) is 1. The number of likely N-dealkylation sites (tertiary alicyclic amines) is 1. The summed E-state index contributed by atoms with van der Waals surface area (Å²) in [6.45, 7) is 2.52. The summed E-state index contributed by atoms with van der Waals surface area (Å²) in [4.78, 5) is 37.3. The lowest BCUT2D eigenvalue weighted by molar-refractivity contribution is -0.139. The normalized spacial score (nSPS) is 17.9. The SMILES string of the molecule is CCCCCN1C(=O)C[C@@H](NC(=O)Cc2ccccc2)C1=O. The maximum absolute atomic E-state index is 12.2. The Bertz CT molecular complexity index is 542. The van der Waals surface area contributed by atoms with E-state index >= 15 is 0 Å². The summed E-state index contributed by atoms with van der Waals surface area (Å²) in [6.07, 6.45) is 3.13. The van der Waals surface area contributed by atoms with Crippen molar-refractivity contribution in [2.75, 3.05) is 6.54 Å². The molecule has 5 heteroatoms. The first-order valence-corrected chi connectivity index (χ1v) is 7.79. The van der Waals surface area contributed by atoms with Crippen molar-refractivity contribution in [3.8, 4) is 0 Å². The van der Waals surface area contributed by atoms with Gasteiger partial charge < -0.3 is 5.32 Å². The number of imide groups is 1. The van der Waals surface area contributed by atoms with Crippen molar-refractivity contribution in [1.82, 2.24) is 10.2 Å². The third-order valence-corrected chi connectivity index (χ3v) is 3.77. The van der Waals surface area contributed by atoms with E-state index in [2.05, 4.69) is 12.2 Å². The smallest absolute Gasteiger partial charge is 0.252 e. The number of hydrogen-bond acceptors (Lipinski definition) is 3. The number of nitrogens with one attached hydrogen (secondary N) is 1. The Labute approximate surface area is 130 Å². The highest BCUT2D eigenvalue weighted by molar-refractivity contribution is 6.06. The van der Waals surface area contributed by atoms with E-state index in [1.807, 2.05) is 30.3 Å². The monoisotopic (exact) mass is 302 g/mol. The third kappa shape index (κ3) is 4.16. The first-order valence-electron chi connectivity index (χ1n) is 7.79. The van der Waals surface area contributed by atoms with E-state index in [1.165, 1.54) is 4.90 Å². The van der Waals surface area contributed by atoms with Crippen molar-refractivity contribution in [3.63, 3.8) is 0 Å². The quantitative estimate of drug-likeness (QED) is 0.615. The van der Waals surface area contributed by atoms with Crippen LogP contribution in [-0.4, -0.2) is 35.2 Å². The van der Waals surface area contributed by atoms with Gasteiger partial charge in [-0.1, -0.05) is 50.1 Å². The Morgan fingerprint density at radius 1 is 1.23 bits per heavy atom. The molecule has 1 aromatic rings. The van der Waals surface area contributed by atoms with E-state index < -0.39 is 6.04 Å². The topological polar surface area (TPSA) is 66.5 Å². The van der Waals surface area contributed by atoms with Crippen molar-refractivity contribution in [1.29, 1.82) is 0 Å². The fourth-order valence-corrected chi connectivity index (χ4v) is 2.58. The van der Waals surface area contributed by atoms with Crippen LogP contribution in [0.3, 0.4) is 0 Å². The van der Waals surface area contributed by atoms with Crippen LogP contribution in [0.15, 0.2) is 30.3 Å². The molecule has 1 saturated heterocycles. The molecule has 2 rings (SSSR count). The average Bonchev–Trinajstić information content (AvgIpc) is 2.75. The van der Waals surface area contributed by atoms with Crippen molar-refractivity contribution in [2.24, 2.45) is 0 Å². The molecule has 5 nitrogen and oxygen atoms in total. The number of benzene rings is 1. The lowest BCUT2D eigenvalue weighted by Gasteiger charge is -2.15. The second-order valence-electron chi connectivity index (χ2n) is 5.58. The van der Waals surface area contributed by atoms with Crippen LogP contribution in [0.4, 0.5) is 0 Å². The van der Waals surface area contributed by atoms with Crippen LogP contribution >= 0.6 is 0 Å². The van der Waals surface area contributed by atoms with Crippen molar-refractivity contribution < 1.29 is 14.4 Å². The molecule has 0 unspecified atom stereocenters. The number of hydrogen-bond donors (Lipinski definition) is 1. The Morgan fingerprint density at radius 2 is 1.95 bits per heavy atom. The zero-order chi connectivity index (χ0) is 15.9. The number of rotatable bonds is 7. The zero-order valence-electron chi connectivity index (χ0n) is 12.9. The maximum atomic E-state index is 12.2. The van der Waals surface area contributed by atoms with E-state index in [-0.39, 0.29) is 30.6 Å². The predicted molar refractivity (Wildman–Crippen MR) is 82.9 cm³/mol. The highest BCUT2D eigenvalue weighted by Gasteiger charge is 2.38. The maximum Gasteiger partial charge on any atom is 0.252 e. The van der Waals surface area contributed by atoms with Gasteiger partial charge in [-0.2, -0.15) is 0 Å². The standard InChI is InChI=1S/C17H22N2O3/c1-2-3-7-10-19-16(21)12-14(17(19)22)18-15(20)11-13-8-5-4-6-9-13/h4-6,8-9,14H,2-3,7,10-12H2,1H3,(H,18,20)/t14-/m1/s1. The third-order valence-electron chi connectivity index (χ3n) is 3.77. The van der Waals surface area contributed by atoms with Gasteiger partial charge in [-0.25, -0.2) is 0 Å². The van der Waals surface area contributed by atoms with Crippen molar-refractivity contribution in [2.45, 2.75) is 45.1 Å². The first kappa shape index (κ1) is 16.2. The van der Waals surface area contributed by atoms with E-state index in [0.29, 0.717) is 6.54 Å². The molecule has 1 atom stereocenters. The van der Waals surface area contributed by atoms with Gasteiger partial charge in [-0.15, -0.1) is 0 Å². The zero-order valence-corrected chi connectivity index (χ0v) is 12.9. The molecule has 0 spiro atoms. The molecule has 1 fully saturated rings. The van der Waals surface area contributed by atoms with Gasteiger partial charge in [0.05, 0.1) is 12.8 Å². The van der Waals surface area contributed by atoms with E-state index in [9.17, 15) is 14.4 Å². The van der Waals surface area contributed by atoms with Gasteiger partial charge in [0.25, 0.3) is 5.91 Å². The largest absolute Gasteiger partial charge is 0.343 e. The van der Waals surface area contributed by atoms with Gasteiger partial charge in [0.1, 0.15) is 6.04 Å². The van der Waals surface area contributed by atoms with Gasteiger partial charge in [0, 0.05) is 6.54 Å². The van der Waals surface area contributed by atoms with Gasteiger partial charge in [-0.05, 0) is 12.0 Å². The summed E-state index contributed by atoms with van der Waals surface area (Å²) in [5, 5.41) is 2.68. The molecule has 1 aromatic carbocycles. The summed E-state index contributed by atoms with van der Waals surface area (Å²) in [7, 11) is 0. The van der Waals surface area contributed by atoms with Crippen LogP contribution in [0.25, 0.3) is 0 Å². The summed E-state index contributed by atoms with van der Waals surface area (Å²) < 4.78 is 0. The highest BCUT2D eigenvalue weighted by atomic mass is 16.2. The minimum Gasteiger partial charge on any atom is -0.343 e. The first-order chi connectivity index (χ1) is 10.6.